The summed E-state index contributed by atoms with van der Waals surface area (Å²) in [4.78, 5) is 0. The van der Waals surface area contributed by atoms with E-state index in [2.05, 4.69) is 31.9 Å². The highest BCUT2D eigenvalue weighted by Crippen LogP contribution is 2.69. The average Bonchev–Trinajstić information content (AvgIpc) is 2.22. The highest BCUT2D eigenvalue weighted by Gasteiger charge is 2.63. The van der Waals surface area contributed by atoms with Gasteiger partial charge in [0.1, 0.15) is 0 Å². The predicted octanol–water partition coefficient (Wildman–Crippen LogP) is 2.90. The van der Waals surface area contributed by atoms with Crippen molar-refractivity contribution < 1.29 is 0 Å². The maximum Gasteiger partial charge on any atom is 0.0868 e. The van der Waals surface area contributed by atoms with E-state index in [0.717, 1.165) is 11.8 Å². The molecule has 2 saturated carbocycles. The van der Waals surface area contributed by atoms with Crippen LogP contribution >= 0.6 is 31.9 Å². The number of halogens is 2. The Morgan fingerprint density at radius 1 is 1.12 bits per heavy atom. The fraction of sp³-hybridized carbons (Fsp3) is 1.00. The third-order valence-electron chi connectivity index (χ3n) is 2.40. The van der Waals surface area contributed by atoms with Gasteiger partial charge in [0.25, 0.3) is 0 Å². The molecule has 46 valence electrons. The molecule has 0 amide bonds. The van der Waals surface area contributed by atoms with Gasteiger partial charge in [-0.2, -0.15) is 0 Å². The Morgan fingerprint density at radius 2 is 1.62 bits per heavy atom. The largest absolute Gasteiger partial charge is 0.0868 e. The molecule has 8 heavy (non-hydrogen) atoms. The van der Waals surface area contributed by atoms with Crippen LogP contribution in [0.1, 0.15) is 19.3 Å². The van der Waals surface area contributed by atoms with E-state index < -0.39 is 0 Å². The van der Waals surface area contributed by atoms with Crippen molar-refractivity contribution >= 4 is 31.9 Å². The molecule has 2 atom stereocenters. The van der Waals surface area contributed by atoms with E-state index in [0.29, 0.717) is 3.23 Å². The number of hydrogen-bond acceptors (Lipinski definition) is 0. The van der Waals surface area contributed by atoms with Crippen molar-refractivity contribution in [3.8, 4) is 0 Å². The summed E-state index contributed by atoms with van der Waals surface area (Å²) in [6.45, 7) is 0. The Balaban J connectivity index is 2.13. The Kier molecular flexibility index (Phi) is 1.08. The first-order chi connectivity index (χ1) is 3.73. The minimum atomic E-state index is 0.387. The molecule has 0 aromatic carbocycles. The van der Waals surface area contributed by atoms with E-state index >= 15 is 0 Å². The second kappa shape index (κ2) is 1.51. The third kappa shape index (κ3) is 0.563. The van der Waals surface area contributed by atoms with Crippen LogP contribution in [0.4, 0.5) is 0 Å². The van der Waals surface area contributed by atoms with Crippen molar-refractivity contribution in [2.24, 2.45) is 11.8 Å². The zero-order chi connectivity index (χ0) is 5.78. The fourth-order valence-electron chi connectivity index (χ4n) is 1.81. The molecule has 0 aromatic heterocycles. The standard InChI is InChI=1S/C6H8Br2/c7-6(8)4-2-1-3-5(4)6/h4-5H,1-3H2. The number of fused-ring (bicyclic) bond motifs is 1. The van der Waals surface area contributed by atoms with E-state index in [4.69, 9.17) is 0 Å². The Labute approximate surface area is 66.3 Å². The normalized spacial score (nSPS) is 48.8. The number of alkyl halides is 2. The maximum absolute atomic E-state index is 3.65. The molecule has 0 aliphatic heterocycles. The van der Waals surface area contributed by atoms with Crippen LogP contribution < -0.4 is 0 Å². The van der Waals surface area contributed by atoms with Crippen LogP contribution in [0.5, 0.6) is 0 Å². The van der Waals surface area contributed by atoms with Gasteiger partial charge in [-0.1, -0.05) is 38.3 Å². The summed E-state index contributed by atoms with van der Waals surface area (Å²) in [6, 6.07) is 0. The summed E-state index contributed by atoms with van der Waals surface area (Å²) in [5, 5.41) is 0. The molecule has 2 unspecified atom stereocenters. The third-order valence-corrected chi connectivity index (χ3v) is 4.75. The van der Waals surface area contributed by atoms with Crippen molar-refractivity contribution in [3.05, 3.63) is 0 Å². The Hall–Kier alpha value is 0.960. The molecule has 2 rings (SSSR count). The summed E-state index contributed by atoms with van der Waals surface area (Å²) in [5.41, 5.74) is 0. The molecule has 0 saturated heterocycles. The maximum atomic E-state index is 3.65. The zero-order valence-electron chi connectivity index (χ0n) is 4.53. The molecule has 2 aliphatic rings. The molecule has 0 N–H and O–H groups in total. The molecule has 0 aromatic rings. The summed E-state index contributed by atoms with van der Waals surface area (Å²) in [5.74, 6) is 1.92. The molecular weight excluding hydrogens is 232 g/mol. The van der Waals surface area contributed by atoms with Crippen molar-refractivity contribution in [2.75, 3.05) is 0 Å². The van der Waals surface area contributed by atoms with E-state index in [-0.39, 0.29) is 0 Å². The average molecular weight is 240 g/mol. The van der Waals surface area contributed by atoms with Crippen LogP contribution in [0.15, 0.2) is 0 Å². The van der Waals surface area contributed by atoms with E-state index in [1.165, 1.54) is 19.3 Å². The lowest BCUT2D eigenvalue weighted by molar-refractivity contribution is 0.733. The first-order valence-corrected chi connectivity index (χ1v) is 4.69. The smallest absolute Gasteiger partial charge is 0.0721 e. The highest BCUT2D eigenvalue weighted by atomic mass is 79.9. The molecule has 0 heterocycles. The van der Waals surface area contributed by atoms with Gasteiger partial charge in [0.15, 0.2) is 0 Å². The molecule has 0 nitrogen and oxygen atoms in total. The zero-order valence-corrected chi connectivity index (χ0v) is 7.70. The minimum Gasteiger partial charge on any atom is -0.0721 e. The molecule has 0 radical (unpaired) electrons. The van der Waals surface area contributed by atoms with Crippen LogP contribution in [-0.4, -0.2) is 3.23 Å². The van der Waals surface area contributed by atoms with Crippen LogP contribution in [0.25, 0.3) is 0 Å². The molecule has 2 aliphatic carbocycles. The second-order valence-electron chi connectivity index (χ2n) is 2.82. The van der Waals surface area contributed by atoms with Gasteiger partial charge in [-0.25, -0.2) is 0 Å². The lowest BCUT2D eigenvalue weighted by atomic mass is 10.3. The predicted molar refractivity (Wildman–Crippen MR) is 41.4 cm³/mol. The van der Waals surface area contributed by atoms with Crippen LogP contribution in [0.3, 0.4) is 0 Å². The molecule has 2 fully saturated rings. The van der Waals surface area contributed by atoms with Gasteiger partial charge >= 0.3 is 0 Å². The topological polar surface area (TPSA) is 0 Å². The first kappa shape index (κ1) is 5.72. The first-order valence-electron chi connectivity index (χ1n) is 3.11. The fourth-order valence-corrected chi connectivity index (χ4v) is 3.73. The van der Waals surface area contributed by atoms with Gasteiger partial charge < -0.3 is 0 Å². The quantitative estimate of drug-likeness (QED) is 0.571. The SMILES string of the molecule is BrC1(Br)C2CCCC21. The highest BCUT2D eigenvalue weighted by molar-refractivity contribution is 9.25. The van der Waals surface area contributed by atoms with Crippen LogP contribution in [0, 0.1) is 11.8 Å². The van der Waals surface area contributed by atoms with Crippen LogP contribution in [-0.2, 0) is 0 Å². The Morgan fingerprint density at radius 3 is 1.88 bits per heavy atom. The van der Waals surface area contributed by atoms with Crippen molar-refractivity contribution in [2.45, 2.75) is 22.5 Å². The van der Waals surface area contributed by atoms with Crippen molar-refractivity contribution in [3.63, 3.8) is 0 Å². The van der Waals surface area contributed by atoms with E-state index in [9.17, 15) is 0 Å². The molecule has 2 heteroatoms. The Bertz CT molecular complexity index is 108. The molecule has 0 bridgehead atoms. The van der Waals surface area contributed by atoms with Gasteiger partial charge in [0, 0.05) is 0 Å². The van der Waals surface area contributed by atoms with Crippen molar-refractivity contribution in [1.82, 2.24) is 0 Å². The number of hydrogen-bond donors (Lipinski definition) is 0. The summed E-state index contributed by atoms with van der Waals surface area (Å²) in [7, 11) is 0. The van der Waals surface area contributed by atoms with Gasteiger partial charge in [-0.3, -0.25) is 0 Å². The van der Waals surface area contributed by atoms with Crippen LogP contribution in [0.2, 0.25) is 0 Å². The van der Waals surface area contributed by atoms with Gasteiger partial charge in [-0.05, 0) is 24.7 Å². The van der Waals surface area contributed by atoms with Gasteiger partial charge in [-0.15, -0.1) is 0 Å². The lowest BCUT2D eigenvalue weighted by Gasteiger charge is -2.00. The summed E-state index contributed by atoms with van der Waals surface area (Å²) in [6.07, 6.45) is 4.32. The summed E-state index contributed by atoms with van der Waals surface area (Å²) < 4.78 is 0.387. The van der Waals surface area contributed by atoms with Crippen molar-refractivity contribution in [1.29, 1.82) is 0 Å². The molecule has 0 spiro atoms. The second-order valence-corrected chi connectivity index (χ2v) is 6.51. The number of rotatable bonds is 0. The van der Waals surface area contributed by atoms with E-state index in [1.54, 1.807) is 0 Å². The van der Waals surface area contributed by atoms with Gasteiger partial charge in [0.2, 0.25) is 0 Å². The minimum absolute atomic E-state index is 0.387. The summed E-state index contributed by atoms with van der Waals surface area (Å²) >= 11 is 7.29. The molecular formula is C6H8Br2. The lowest BCUT2D eigenvalue weighted by Crippen LogP contribution is -1.92. The monoisotopic (exact) mass is 238 g/mol. The van der Waals surface area contributed by atoms with Gasteiger partial charge in [0.05, 0.1) is 3.23 Å². The van der Waals surface area contributed by atoms with E-state index in [1.807, 2.05) is 0 Å².